The summed E-state index contributed by atoms with van der Waals surface area (Å²) in [6.45, 7) is 1.17. The number of hydrogen-bond donors (Lipinski definition) is 0. The minimum atomic E-state index is -0.105. The second kappa shape index (κ2) is 8.26. The maximum atomic E-state index is 13.1. The summed E-state index contributed by atoms with van der Waals surface area (Å²) in [6.07, 6.45) is 6.23. The lowest BCUT2D eigenvalue weighted by Gasteiger charge is -2.31. The van der Waals surface area contributed by atoms with Crippen molar-refractivity contribution in [3.8, 4) is 23.1 Å². The van der Waals surface area contributed by atoms with Crippen LogP contribution in [0.5, 0.6) is 11.5 Å². The standard InChI is InChI=1S/C20H21N5O4/c1-27-15-4-3-5-16(28-2)17(15)20(26)25-10-6-13(7-11-25)18-23-19(29-24-18)14-12-21-8-9-22-14/h3-5,8-9,12-13H,6-7,10-11H2,1-2H3. The van der Waals surface area contributed by atoms with Crippen LogP contribution in [0.15, 0.2) is 41.3 Å². The van der Waals surface area contributed by atoms with Crippen LogP contribution in [-0.4, -0.2) is 58.2 Å². The molecule has 0 bridgehead atoms. The lowest BCUT2D eigenvalue weighted by Crippen LogP contribution is -2.38. The molecule has 3 aromatic rings. The number of hydrogen-bond acceptors (Lipinski definition) is 8. The fourth-order valence-electron chi connectivity index (χ4n) is 3.48. The van der Waals surface area contributed by atoms with Gasteiger partial charge in [-0.15, -0.1) is 0 Å². The minimum absolute atomic E-state index is 0.105. The lowest BCUT2D eigenvalue weighted by atomic mass is 9.95. The number of methoxy groups -OCH3 is 2. The molecule has 1 saturated heterocycles. The molecule has 1 fully saturated rings. The number of likely N-dealkylation sites (tertiary alicyclic amines) is 1. The first-order valence-electron chi connectivity index (χ1n) is 9.31. The first-order chi connectivity index (χ1) is 14.2. The van der Waals surface area contributed by atoms with Crippen LogP contribution >= 0.6 is 0 Å². The van der Waals surface area contributed by atoms with Gasteiger partial charge in [-0.3, -0.25) is 9.78 Å². The summed E-state index contributed by atoms with van der Waals surface area (Å²) >= 11 is 0. The highest BCUT2D eigenvalue weighted by molar-refractivity contribution is 5.99. The van der Waals surface area contributed by atoms with Gasteiger partial charge in [-0.1, -0.05) is 11.2 Å². The average Bonchev–Trinajstić information content (AvgIpc) is 3.29. The number of amides is 1. The zero-order valence-electron chi connectivity index (χ0n) is 16.2. The van der Waals surface area contributed by atoms with Crippen molar-refractivity contribution in [1.29, 1.82) is 0 Å². The van der Waals surface area contributed by atoms with E-state index in [9.17, 15) is 4.79 Å². The fourth-order valence-corrected chi connectivity index (χ4v) is 3.48. The Bertz CT molecular complexity index is 961. The average molecular weight is 395 g/mol. The van der Waals surface area contributed by atoms with Gasteiger partial charge in [-0.25, -0.2) is 4.98 Å². The molecule has 0 N–H and O–H groups in total. The van der Waals surface area contributed by atoms with Crippen molar-refractivity contribution in [1.82, 2.24) is 25.0 Å². The molecule has 1 aromatic carbocycles. The molecule has 9 nitrogen and oxygen atoms in total. The van der Waals surface area contributed by atoms with Gasteiger partial charge in [0.05, 0.1) is 20.4 Å². The smallest absolute Gasteiger partial charge is 0.278 e. The Morgan fingerprint density at radius 1 is 1.14 bits per heavy atom. The summed E-state index contributed by atoms with van der Waals surface area (Å²) in [5.74, 6) is 2.00. The summed E-state index contributed by atoms with van der Waals surface area (Å²) in [5, 5.41) is 4.10. The van der Waals surface area contributed by atoms with E-state index in [-0.39, 0.29) is 11.8 Å². The van der Waals surface area contributed by atoms with Crippen molar-refractivity contribution >= 4 is 5.91 Å². The SMILES string of the molecule is COc1cccc(OC)c1C(=O)N1CCC(c2noc(-c3cnccn3)n2)CC1. The van der Waals surface area contributed by atoms with Gasteiger partial charge in [0.1, 0.15) is 22.8 Å². The molecule has 1 amide bonds. The highest BCUT2D eigenvalue weighted by Crippen LogP contribution is 2.33. The summed E-state index contributed by atoms with van der Waals surface area (Å²) in [5.41, 5.74) is 0.989. The third-order valence-corrected chi connectivity index (χ3v) is 5.01. The van der Waals surface area contributed by atoms with Crippen molar-refractivity contribution in [2.75, 3.05) is 27.3 Å². The third kappa shape index (κ3) is 3.75. The molecule has 1 aliphatic rings. The first-order valence-corrected chi connectivity index (χ1v) is 9.31. The van der Waals surface area contributed by atoms with Gasteiger partial charge in [-0.05, 0) is 25.0 Å². The Morgan fingerprint density at radius 2 is 1.86 bits per heavy atom. The summed E-state index contributed by atoms with van der Waals surface area (Å²) in [4.78, 5) is 27.5. The van der Waals surface area contributed by atoms with Crippen LogP contribution in [0.25, 0.3) is 11.6 Å². The van der Waals surface area contributed by atoms with E-state index in [0.29, 0.717) is 47.6 Å². The van der Waals surface area contributed by atoms with E-state index in [4.69, 9.17) is 14.0 Å². The third-order valence-electron chi connectivity index (χ3n) is 5.01. The second-order valence-electron chi connectivity index (χ2n) is 6.65. The van der Waals surface area contributed by atoms with Gasteiger partial charge < -0.3 is 18.9 Å². The number of ether oxygens (including phenoxy) is 2. The van der Waals surface area contributed by atoms with Crippen LogP contribution in [0.3, 0.4) is 0 Å². The van der Waals surface area contributed by atoms with E-state index in [1.165, 1.54) is 0 Å². The molecule has 4 rings (SSSR count). The van der Waals surface area contributed by atoms with E-state index in [1.54, 1.807) is 55.9 Å². The van der Waals surface area contributed by atoms with Gasteiger partial charge in [0.2, 0.25) is 0 Å². The van der Waals surface area contributed by atoms with Crippen LogP contribution in [0.4, 0.5) is 0 Å². The van der Waals surface area contributed by atoms with Gasteiger partial charge in [0, 0.05) is 31.4 Å². The maximum Gasteiger partial charge on any atom is 0.278 e. The predicted molar refractivity (Wildman–Crippen MR) is 103 cm³/mol. The quantitative estimate of drug-likeness (QED) is 0.649. The maximum absolute atomic E-state index is 13.1. The summed E-state index contributed by atoms with van der Waals surface area (Å²) in [6, 6.07) is 5.32. The minimum Gasteiger partial charge on any atom is -0.496 e. The molecule has 150 valence electrons. The molecule has 0 spiro atoms. The number of carbonyl (C=O) groups excluding carboxylic acids is 1. The van der Waals surface area contributed by atoms with Crippen molar-refractivity contribution in [3.05, 3.63) is 48.2 Å². The molecule has 0 radical (unpaired) electrons. The first kappa shape index (κ1) is 18.9. The Hall–Kier alpha value is -3.49. The van der Waals surface area contributed by atoms with E-state index in [2.05, 4.69) is 20.1 Å². The Kier molecular flexibility index (Phi) is 5.37. The molecular weight excluding hydrogens is 374 g/mol. The van der Waals surface area contributed by atoms with Crippen molar-refractivity contribution < 1.29 is 18.8 Å². The van der Waals surface area contributed by atoms with Crippen LogP contribution in [0, 0.1) is 0 Å². The molecule has 0 saturated carbocycles. The molecule has 0 aliphatic carbocycles. The number of nitrogens with zero attached hydrogens (tertiary/aromatic N) is 5. The van der Waals surface area contributed by atoms with Crippen LogP contribution in [-0.2, 0) is 0 Å². The highest BCUT2D eigenvalue weighted by atomic mass is 16.5. The van der Waals surface area contributed by atoms with Crippen LogP contribution in [0.2, 0.25) is 0 Å². The topological polar surface area (TPSA) is 103 Å². The largest absolute Gasteiger partial charge is 0.496 e. The predicted octanol–water partition coefficient (Wildman–Crippen LogP) is 2.56. The number of piperidine rings is 1. The zero-order chi connectivity index (χ0) is 20.2. The van der Waals surface area contributed by atoms with Gasteiger partial charge >= 0.3 is 0 Å². The van der Waals surface area contributed by atoms with E-state index in [0.717, 1.165) is 12.8 Å². The zero-order valence-corrected chi connectivity index (χ0v) is 16.2. The van der Waals surface area contributed by atoms with Gasteiger partial charge in [0.25, 0.3) is 11.8 Å². The molecule has 3 heterocycles. The number of carbonyl (C=O) groups is 1. The molecule has 2 aromatic heterocycles. The number of aromatic nitrogens is 4. The second-order valence-corrected chi connectivity index (χ2v) is 6.65. The fraction of sp³-hybridized carbons (Fsp3) is 0.350. The van der Waals surface area contributed by atoms with E-state index in [1.807, 2.05) is 0 Å². The monoisotopic (exact) mass is 395 g/mol. The van der Waals surface area contributed by atoms with Crippen molar-refractivity contribution in [2.24, 2.45) is 0 Å². The van der Waals surface area contributed by atoms with Crippen molar-refractivity contribution in [2.45, 2.75) is 18.8 Å². The molecule has 0 atom stereocenters. The van der Waals surface area contributed by atoms with Crippen molar-refractivity contribution in [3.63, 3.8) is 0 Å². The van der Waals surface area contributed by atoms with Gasteiger partial charge in [0.15, 0.2) is 5.82 Å². The lowest BCUT2D eigenvalue weighted by molar-refractivity contribution is 0.0703. The molecular formula is C20H21N5O4. The van der Waals surface area contributed by atoms with E-state index < -0.39 is 0 Å². The normalized spacial score (nSPS) is 14.6. The molecule has 0 unspecified atom stereocenters. The number of rotatable bonds is 5. The number of benzene rings is 1. The Morgan fingerprint density at radius 3 is 2.48 bits per heavy atom. The van der Waals surface area contributed by atoms with Crippen LogP contribution < -0.4 is 9.47 Å². The van der Waals surface area contributed by atoms with Crippen LogP contribution in [0.1, 0.15) is 34.9 Å². The highest BCUT2D eigenvalue weighted by Gasteiger charge is 2.30. The van der Waals surface area contributed by atoms with Gasteiger partial charge in [-0.2, -0.15) is 4.98 Å². The Balaban J connectivity index is 1.45. The van der Waals surface area contributed by atoms with E-state index >= 15 is 0 Å². The molecule has 9 heteroatoms. The molecule has 29 heavy (non-hydrogen) atoms. The summed E-state index contributed by atoms with van der Waals surface area (Å²) in [7, 11) is 3.09. The Labute approximate surface area is 167 Å². The molecule has 1 aliphatic heterocycles. The summed E-state index contributed by atoms with van der Waals surface area (Å²) < 4.78 is 16.1.